The Labute approximate surface area is 107 Å². The lowest BCUT2D eigenvalue weighted by molar-refractivity contribution is 0.415. The summed E-state index contributed by atoms with van der Waals surface area (Å²) in [5.41, 5.74) is 7.53. The van der Waals surface area contributed by atoms with Crippen LogP contribution in [0.5, 0.6) is 5.75 Å². The van der Waals surface area contributed by atoms with Crippen molar-refractivity contribution in [1.29, 1.82) is 0 Å². The van der Waals surface area contributed by atoms with E-state index in [1.165, 1.54) is 0 Å². The molecule has 96 valence electrons. The van der Waals surface area contributed by atoms with Crippen molar-refractivity contribution in [2.45, 2.75) is 13.0 Å². The zero-order chi connectivity index (χ0) is 12.8. The molecule has 5 nitrogen and oxygen atoms in total. The highest BCUT2D eigenvalue weighted by Gasteiger charge is 2.00. The number of nitrogens with two attached hydrogens (primary N) is 1. The second kappa shape index (κ2) is 5.95. The molecule has 0 unspecified atom stereocenters. The lowest BCUT2D eigenvalue weighted by Gasteiger charge is -2.10. The highest BCUT2D eigenvalue weighted by atomic mass is 16.5. The van der Waals surface area contributed by atoms with E-state index in [9.17, 15) is 0 Å². The predicted molar refractivity (Wildman–Crippen MR) is 72.7 cm³/mol. The molecule has 0 bridgehead atoms. The SMILES string of the molecule is COc1ccc(N)c(NCCCn2cccn2)c1. The van der Waals surface area contributed by atoms with Gasteiger partial charge in [0.05, 0.1) is 18.5 Å². The lowest BCUT2D eigenvalue weighted by Crippen LogP contribution is -2.08. The molecule has 0 fully saturated rings. The Kier molecular flexibility index (Phi) is 4.06. The number of aromatic nitrogens is 2. The van der Waals surface area contributed by atoms with Crippen molar-refractivity contribution < 1.29 is 4.74 Å². The van der Waals surface area contributed by atoms with Gasteiger partial charge >= 0.3 is 0 Å². The van der Waals surface area contributed by atoms with Crippen molar-refractivity contribution in [2.24, 2.45) is 0 Å². The number of benzene rings is 1. The van der Waals surface area contributed by atoms with Crippen molar-refractivity contribution in [2.75, 3.05) is 24.7 Å². The normalized spacial score (nSPS) is 10.3. The molecule has 0 radical (unpaired) electrons. The highest BCUT2D eigenvalue weighted by molar-refractivity contribution is 5.68. The average molecular weight is 246 g/mol. The van der Waals surface area contributed by atoms with Crippen LogP contribution < -0.4 is 15.8 Å². The zero-order valence-corrected chi connectivity index (χ0v) is 10.5. The van der Waals surface area contributed by atoms with Crippen molar-refractivity contribution in [1.82, 2.24) is 9.78 Å². The van der Waals surface area contributed by atoms with Crippen LogP contribution in [0, 0.1) is 0 Å². The third-order valence-electron chi connectivity index (χ3n) is 2.70. The third kappa shape index (κ3) is 3.16. The van der Waals surface area contributed by atoms with Crippen molar-refractivity contribution in [3.63, 3.8) is 0 Å². The molecule has 0 saturated heterocycles. The summed E-state index contributed by atoms with van der Waals surface area (Å²) >= 11 is 0. The molecule has 2 rings (SSSR count). The fourth-order valence-corrected chi connectivity index (χ4v) is 1.71. The van der Waals surface area contributed by atoms with E-state index in [2.05, 4.69) is 10.4 Å². The van der Waals surface area contributed by atoms with Gasteiger partial charge in [-0.05, 0) is 24.6 Å². The van der Waals surface area contributed by atoms with Crippen molar-refractivity contribution in [3.05, 3.63) is 36.7 Å². The number of anilines is 2. The molecule has 0 amide bonds. The molecule has 0 spiro atoms. The van der Waals surface area contributed by atoms with Crippen LogP contribution in [0.15, 0.2) is 36.7 Å². The first-order valence-corrected chi connectivity index (χ1v) is 5.94. The summed E-state index contributed by atoms with van der Waals surface area (Å²) in [4.78, 5) is 0. The van der Waals surface area contributed by atoms with Crippen LogP contribution in [0.4, 0.5) is 11.4 Å². The standard InChI is InChI=1S/C13H18N4O/c1-18-11-4-5-12(14)13(10-11)15-6-2-8-17-9-3-7-16-17/h3-5,7,9-10,15H,2,6,8,14H2,1H3. The first-order chi connectivity index (χ1) is 8.79. The minimum Gasteiger partial charge on any atom is -0.497 e. The second-order valence-corrected chi connectivity index (χ2v) is 4.00. The molecule has 0 aliphatic carbocycles. The van der Waals surface area contributed by atoms with Gasteiger partial charge in [-0.1, -0.05) is 0 Å². The van der Waals surface area contributed by atoms with E-state index in [-0.39, 0.29) is 0 Å². The van der Waals surface area contributed by atoms with Gasteiger partial charge in [0.25, 0.3) is 0 Å². The summed E-state index contributed by atoms with van der Waals surface area (Å²) in [5.74, 6) is 0.804. The largest absolute Gasteiger partial charge is 0.497 e. The molecular formula is C13H18N4O. The Hall–Kier alpha value is -2.17. The van der Waals surface area contributed by atoms with E-state index in [0.717, 1.165) is 36.6 Å². The first-order valence-electron chi connectivity index (χ1n) is 5.94. The second-order valence-electron chi connectivity index (χ2n) is 4.00. The van der Waals surface area contributed by atoms with Gasteiger partial charge in [-0.2, -0.15) is 5.10 Å². The summed E-state index contributed by atoms with van der Waals surface area (Å²) < 4.78 is 7.08. The van der Waals surface area contributed by atoms with Gasteiger partial charge in [0.15, 0.2) is 0 Å². The van der Waals surface area contributed by atoms with Gasteiger partial charge in [-0.25, -0.2) is 0 Å². The van der Waals surface area contributed by atoms with E-state index < -0.39 is 0 Å². The molecule has 1 heterocycles. The summed E-state index contributed by atoms with van der Waals surface area (Å²) in [7, 11) is 1.65. The minimum absolute atomic E-state index is 0.731. The number of ether oxygens (including phenoxy) is 1. The zero-order valence-electron chi connectivity index (χ0n) is 10.5. The summed E-state index contributed by atoms with van der Waals surface area (Å²) in [6, 6.07) is 7.52. The number of nitrogens with zero attached hydrogens (tertiary/aromatic N) is 2. The lowest BCUT2D eigenvalue weighted by atomic mass is 10.2. The van der Waals surface area contributed by atoms with Gasteiger partial charge in [-0.3, -0.25) is 4.68 Å². The van der Waals surface area contributed by atoms with E-state index >= 15 is 0 Å². The highest BCUT2D eigenvalue weighted by Crippen LogP contribution is 2.24. The Balaban J connectivity index is 1.82. The summed E-state index contributed by atoms with van der Waals surface area (Å²) in [6.45, 7) is 1.74. The van der Waals surface area contributed by atoms with E-state index in [1.54, 1.807) is 13.3 Å². The number of nitrogen functional groups attached to an aromatic ring is 1. The van der Waals surface area contributed by atoms with Gasteiger partial charge in [-0.15, -0.1) is 0 Å². The van der Waals surface area contributed by atoms with Crippen LogP contribution in [0.3, 0.4) is 0 Å². The van der Waals surface area contributed by atoms with Crippen LogP contribution in [0.2, 0.25) is 0 Å². The van der Waals surface area contributed by atoms with Crippen LogP contribution in [0.25, 0.3) is 0 Å². The number of aryl methyl sites for hydroxylation is 1. The molecule has 3 N–H and O–H groups in total. The molecule has 0 atom stereocenters. The van der Waals surface area contributed by atoms with E-state index in [1.807, 2.05) is 35.1 Å². The fourth-order valence-electron chi connectivity index (χ4n) is 1.71. The van der Waals surface area contributed by atoms with Crippen LogP contribution in [0.1, 0.15) is 6.42 Å². The van der Waals surface area contributed by atoms with E-state index in [0.29, 0.717) is 0 Å². The molecule has 2 aromatic rings. The molecule has 0 saturated carbocycles. The molecule has 5 heteroatoms. The van der Waals surface area contributed by atoms with Crippen LogP contribution in [-0.2, 0) is 6.54 Å². The monoisotopic (exact) mass is 246 g/mol. The van der Waals surface area contributed by atoms with Gasteiger partial charge in [0, 0.05) is 31.5 Å². The Morgan fingerprint density at radius 3 is 3.06 bits per heavy atom. The average Bonchev–Trinajstić information content (AvgIpc) is 2.89. The third-order valence-corrected chi connectivity index (χ3v) is 2.70. The smallest absolute Gasteiger partial charge is 0.121 e. The predicted octanol–water partition coefficient (Wildman–Crippen LogP) is 1.98. The Morgan fingerprint density at radius 2 is 2.33 bits per heavy atom. The van der Waals surface area contributed by atoms with Crippen LogP contribution in [-0.4, -0.2) is 23.4 Å². The Bertz CT molecular complexity index is 482. The maximum atomic E-state index is 5.89. The maximum Gasteiger partial charge on any atom is 0.121 e. The fraction of sp³-hybridized carbons (Fsp3) is 0.308. The van der Waals surface area contributed by atoms with Gasteiger partial charge in [0.1, 0.15) is 5.75 Å². The molecule has 1 aromatic heterocycles. The van der Waals surface area contributed by atoms with Crippen LogP contribution >= 0.6 is 0 Å². The molecular weight excluding hydrogens is 228 g/mol. The molecule has 18 heavy (non-hydrogen) atoms. The minimum atomic E-state index is 0.731. The van der Waals surface area contributed by atoms with Gasteiger partial charge < -0.3 is 15.8 Å². The van der Waals surface area contributed by atoms with Crippen molar-refractivity contribution in [3.8, 4) is 5.75 Å². The van der Waals surface area contributed by atoms with Gasteiger partial charge in [0.2, 0.25) is 0 Å². The summed E-state index contributed by atoms with van der Waals surface area (Å²) in [5, 5.41) is 7.45. The number of methoxy groups -OCH3 is 1. The topological polar surface area (TPSA) is 65.1 Å². The summed E-state index contributed by atoms with van der Waals surface area (Å²) in [6.07, 6.45) is 4.73. The number of nitrogens with one attached hydrogen (secondary N) is 1. The number of hydrogen-bond acceptors (Lipinski definition) is 4. The van der Waals surface area contributed by atoms with Crippen molar-refractivity contribution >= 4 is 11.4 Å². The molecule has 1 aromatic carbocycles. The number of rotatable bonds is 6. The Morgan fingerprint density at radius 1 is 1.44 bits per heavy atom. The quantitative estimate of drug-likeness (QED) is 0.604. The maximum absolute atomic E-state index is 5.89. The molecule has 0 aliphatic heterocycles. The first kappa shape index (κ1) is 12.3. The number of hydrogen-bond donors (Lipinski definition) is 2. The molecule has 0 aliphatic rings. The van der Waals surface area contributed by atoms with E-state index in [4.69, 9.17) is 10.5 Å².